The van der Waals surface area contributed by atoms with Crippen molar-refractivity contribution in [2.75, 3.05) is 6.54 Å². The number of carbonyl (C=O) groups is 1. The van der Waals surface area contributed by atoms with Gasteiger partial charge in [-0.1, -0.05) is 11.6 Å². The quantitative estimate of drug-likeness (QED) is 0.848. The molecule has 0 spiro atoms. The third-order valence-corrected chi connectivity index (χ3v) is 3.88. The Bertz CT molecular complexity index is 439. The molecule has 1 aromatic heterocycles. The van der Waals surface area contributed by atoms with Crippen molar-refractivity contribution in [2.45, 2.75) is 44.1 Å². The Morgan fingerprint density at radius 3 is 2.94 bits per heavy atom. The topological polar surface area (TPSA) is 75.4 Å². The van der Waals surface area contributed by atoms with Gasteiger partial charge in [-0.05, 0) is 25.7 Å². The molecule has 18 heavy (non-hydrogen) atoms. The lowest BCUT2D eigenvalue weighted by Gasteiger charge is -2.14. The van der Waals surface area contributed by atoms with Crippen LogP contribution < -0.4 is 5.32 Å². The van der Waals surface area contributed by atoms with E-state index in [9.17, 15) is 9.90 Å². The van der Waals surface area contributed by atoms with Crippen molar-refractivity contribution < 1.29 is 14.4 Å². The van der Waals surface area contributed by atoms with Gasteiger partial charge in [0.25, 0.3) is 5.91 Å². The largest absolute Gasteiger partial charge is 0.393 e. The van der Waals surface area contributed by atoms with Crippen LogP contribution in [-0.4, -0.2) is 28.8 Å². The van der Waals surface area contributed by atoms with Crippen LogP contribution in [-0.2, 0) is 0 Å². The van der Waals surface area contributed by atoms with E-state index in [1.807, 2.05) is 0 Å². The fraction of sp³-hybridized carbons (Fsp3) is 0.692. The molecule has 2 aliphatic rings. The third kappa shape index (κ3) is 2.41. The average molecular weight is 250 g/mol. The molecule has 1 heterocycles. The molecule has 2 unspecified atom stereocenters. The van der Waals surface area contributed by atoms with E-state index in [1.165, 1.54) is 0 Å². The summed E-state index contributed by atoms with van der Waals surface area (Å²) in [7, 11) is 0. The molecule has 5 nitrogen and oxygen atoms in total. The summed E-state index contributed by atoms with van der Waals surface area (Å²) in [6.45, 7) is 0.519. The smallest absolute Gasteiger partial charge is 0.273 e. The van der Waals surface area contributed by atoms with E-state index < -0.39 is 0 Å². The molecule has 2 N–H and O–H groups in total. The Morgan fingerprint density at radius 2 is 2.28 bits per heavy atom. The molecule has 0 aromatic carbocycles. The number of hydrogen-bond acceptors (Lipinski definition) is 4. The third-order valence-electron chi connectivity index (χ3n) is 3.88. The van der Waals surface area contributed by atoms with E-state index >= 15 is 0 Å². The predicted molar refractivity (Wildman–Crippen MR) is 64.2 cm³/mol. The van der Waals surface area contributed by atoms with Crippen LogP contribution in [0.3, 0.4) is 0 Å². The van der Waals surface area contributed by atoms with Gasteiger partial charge in [-0.2, -0.15) is 0 Å². The first kappa shape index (κ1) is 11.7. The summed E-state index contributed by atoms with van der Waals surface area (Å²) in [4.78, 5) is 11.8. The van der Waals surface area contributed by atoms with Gasteiger partial charge in [0.2, 0.25) is 0 Å². The van der Waals surface area contributed by atoms with Gasteiger partial charge in [0.15, 0.2) is 5.69 Å². The fourth-order valence-corrected chi connectivity index (χ4v) is 2.53. The van der Waals surface area contributed by atoms with Crippen molar-refractivity contribution >= 4 is 5.91 Å². The molecule has 3 rings (SSSR count). The lowest BCUT2D eigenvalue weighted by Crippen LogP contribution is -2.32. The molecule has 0 radical (unpaired) electrons. The highest BCUT2D eigenvalue weighted by atomic mass is 16.5. The summed E-state index contributed by atoms with van der Waals surface area (Å²) in [5, 5.41) is 16.3. The van der Waals surface area contributed by atoms with Crippen LogP contribution in [0.5, 0.6) is 0 Å². The monoisotopic (exact) mass is 250 g/mol. The average Bonchev–Trinajstić information content (AvgIpc) is 2.95. The number of amides is 1. The van der Waals surface area contributed by atoms with Gasteiger partial charge in [-0.25, -0.2) is 0 Å². The second-order valence-electron chi connectivity index (χ2n) is 5.36. The highest BCUT2D eigenvalue weighted by Crippen LogP contribution is 2.40. The van der Waals surface area contributed by atoms with Crippen molar-refractivity contribution in [3.05, 3.63) is 17.5 Å². The number of aliphatic hydroxyl groups is 1. The zero-order valence-corrected chi connectivity index (χ0v) is 10.3. The first-order chi connectivity index (χ1) is 8.74. The van der Waals surface area contributed by atoms with Crippen molar-refractivity contribution in [2.24, 2.45) is 5.92 Å². The van der Waals surface area contributed by atoms with E-state index in [1.54, 1.807) is 6.07 Å². The predicted octanol–water partition coefficient (Wildman–Crippen LogP) is 1.44. The van der Waals surface area contributed by atoms with Gasteiger partial charge in [-0.3, -0.25) is 4.79 Å². The van der Waals surface area contributed by atoms with Gasteiger partial charge >= 0.3 is 0 Å². The van der Waals surface area contributed by atoms with E-state index in [2.05, 4.69) is 10.5 Å². The minimum absolute atomic E-state index is 0.184. The SMILES string of the molecule is O=C(NCC1CCCC1O)c1cc(C2CC2)on1. The number of rotatable bonds is 4. The summed E-state index contributed by atoms with van der Waals surface area (Å²) in [5.41, 5.74) is 0.351. The molecule has 1 amide bonds. The zero-order valence-electron chi connectivity index (χ0n) is 10.3. The van der Waals surface area contributed by atoms with Crippen LogP contribution in [0.1, 0.15) is 54.3 Å². The lowest BCUT2D eigenvalue weighted by atomic mass is 10.1. The minimum Gasteiger partial charge on any atom is -0.393 e. The summed E-state index contributed by atoms with van der Waals surface area (Å²) in [6.07, 6.45) is 4.85. The molecule has 5 heteroatoms. The standard InChI is InChI=1S/C13H18N2O3/c16-11-3-1-2-9(11)7-14-13(17)10-6-12(18-15-10)8-4-5-8/h6,8-9,11,16H,1-5,7H2,(H,14,17). The second kappa shape index (κ2) is 4.72. The van der Waals surface area contributed by atoms with E-state index in [0.29, 0.717) is 18.2 Å². The number of nitrogens with one attached hydrogen (secondary N) is 1. The summed E-state index contributed by atoms with van der Waals surface area (Å²) in [6, 6.07) is 1.73. The fourth-order valence-electron chi connectivity index (χ4n) is 2.53. The Labute approximate surface area is 106 Å². The normalized spacial score (nSPS) is 27.4. The van der Waals surface area contributed by atoms with E-state index in [0.717, 1.165) is 37.9 Å². The molecule has 0 bridgehead atoms. The molecule has 1 aromatic rings. The number of aliphatic hydroxyl groups excluding tert-OH is 1. The van der Waals surface area contributed by atoms with Gasteiger partial charge in [-0.15, -0.1) is 0 Å². The Kier molecular flexibility index (Phi) is 3.07. The van der Waals surface area contributed by atoms with E-state index in [-0.39, 0.29) is 17.9 Å². The molecule has 98 valence electrons. The van der Waals surface area contributed by atoms with Crippen LogP contribution >= 0.6 is 0 Å². The number of hydrogen-bond donors (Lipinski definition) is 2. The second-order valence-corrected chi connectivity index (χ2v) is 5.36. The van der Waals surface area contributed by atoms with Crippen LogP contribution in [0.2, 0.25) is 0 Å². The Balaban J connectivity index is 1.53. The highest BCUT2D eigenvalue weighted by Gasteiger charge is 2.29. The number of aromatic nitrogens is 1. The zero-order chi connectivity index (χ0) is 12.5. The maximum Gasteiger partial charge on any atom is 0.273 e. The van der Waals surface area contributed by atoms with Crippen molar-refractivity contribution in [3.8, 4) is 0 Å². The number of carbonyl (C=O) groups excluding carboxylic acids is 1. The summed E-state index contributed by atoms with van der Waals surface area (Å²) in [5.74, 6) is 1.27. The van der Waals surface area contributed by atoms with Crippen molar-refractivity contribution in [1.29, 1.82) is 0 Å². The van der Waals surface area contributed by atoms with Crippen LogP contribution in [0.15, 0.2) is 10.6 Å². The lowest BCUT2D eigenvalue weighted by molar-refractivity contribution is 0.0908. The highest BCUT2D eigenvalue weighted by molar-refractivity contribution is 5.92. The molecule has 2 saturated carbocycles. The molecule has 0 aliphatic heterocycles. The molecule has 2 atom stereocenters. The molecular weight excluding hydrogens is 232 g/mol. The molecular formula is C13H18N2O3. The van der Waals surface area contributed by atoms with Crippen molar-refractivity contribution in [3.63, 3.8) is 0 Å². The van der Waals surface area contributed by atoms with Crippen LogP contribution in [0, 0.1) is 5.92 Å². The summed E-state index contributed by atoms with van der Waals surface area (Å²) >= 11 is 0. The van der Waals surface area contributed by atoms with Crippen molar-refractivity contribution in [1.82, 2.24) is 10.5 Å². The van der Waals surface area contributed by atoms with Gasteiger partial charge in [0, 0.05) is 24.4 Å². The van der Waals surface area contributed by atoms with Gasteiger partial charge < -0.3 is 14.9 Å². The Hall–Kier alpha value is -1.36. The molecule has 0 saturated heterocycles. The van der Waals surface area contributed by atoms with Crippen LogP contribution in [0.4, 0.5) is 0 Å². The minimum atomic E-state index is -0.273. The molecule has 2 aliphatic carbocycles. The van der Waals surface area contributed by atoms with Crippen LogP contribution in [0.25, 0.3) is 0 Å². The van der Waals surface area contributed by atoms with E-state index in [4.69, 9.17) is 4.52 Å². The first-order valence-corrected chi connectivity index (χ1v) is 6.67. The summed E-state index contributed by atoms with van der Waals surface area (Å²) < 4.78 is 5.14. The maximum atomic E-state index is 11.8. The maximum absolute atomic E-state index is 11.8. The van der Waals surface area contributed by atoms with Gasteiger partial charge in [0.05, 0.1) is 6.10 Å². The first-order valence-electron chi connectivity index (χ1n) is 6.67. The van der Waals surface area contributed by atoms with Gasteiger partial charge in [0.1, 0.15) is 5.76 Å². The Morgan fingerprint density at radius 1 is 1.44 bits per heavy atom. The number of nitrogens with zero attached hydrogens (tertiary/aromatic N) is 1. The molecule has 2 fully saturated rings.